The smallest absolute Gasteiger partial charge is 0.258 e. The number of aromatic nitrogens is 3. The molecule has 0 saturated carbocycles. The van der Waals surface area contributed by atoms with Crippen molar-refractivity contribution >= 4 is 17.5 Å². The summed E-state index contributed by atoms with van der Waals surface area (Å²) in [6, 6.07) is 19.5. The first-order valence-corrected chi connectivity index (χ1v) is 11.8. The molecule has 0 fully saturated rings. The van der Waals surface area contributed by atoms with Crippen LogP contribution in [0.5, 0.6) is 11.6 Å². The van der Waals surface area contributed by atoms with Crippen LogP contribution in [0.15, 0.2) is 79.3 Å². The molecule has 8 heteroatoms. The van der Waals surface area contributed by atoms with Gasteiger partial charge in [0.25, 0.3) is 5.91 Å². The minimum Gasteiger partial charge on any atom is -0.497 e. The lowest BCUT2D eigenvalue weighted by molar-refractivity contribution is 0.0945. The number of para-hydroxylation sites is 1. The molecule has 2 aromatic carbocycles. The van der Waals surface area contributed by atoms with E-state index in [0.717, 1.165) is 29.1 Å². The minimum atomic E-state index is -0.315. The minimum absolute atomic E-state index is 0.233. The second-order valence-corrected chi connectivity index (χ2v) is 8.64. The van der Waals surface area contributed by atoms with E-state index in [1.165, 1.54) is 11.8 Å². The SMILES string of the molecule is COc1ccc(COc2nc(N3CC(C)c4ccccc43)ncc2C(=O)NCc2cccnc2)cc1. The summed E-state index contributed by atoms with van der Waals surface area (Å²) < 4.78 is 11.3. The summed E-state index contributed by atoms with van der Waals surface area (Å²) in [6.45, 7) is 3.52. The van der Waals surface area contributed by atoms with Gasteiger partial charge in [0.1, 0.15) is 17.9 Å². The normalized spacial score (nSPS) is 14.3. The number of nitrogens with zero attached hydrogens (tertiary/aromatic N) is 4. The number of carbonyl (C=O) groups is 1. The number of anilines is 2. The molecule has 1 aliphatic heterocycles. The van der Waals surface area contributed by atoms with Gasteiger partial charge in [-0.25, -0.2) is 4.98 Å². The summed E-state index contributed by atoms with van der Waals surface area (Å²) in [4.78, 5) is 28.5. The van der Waals surface area contributed by atoms with E-state index in [9.17, 15) is 4.79 Å². The Kier molecular flexibility index (Phi) is 6.75. The summed E-state index contributed by atoms with van der Waals surface area (Å²) >= 11 is 0. The van der Waals surface area contributed by atoms with E-state index in [-0.39, 0.29) is 24.0 Å². The Balaban J connectivity index is 1.42. The zero-order chi connectivity index (χ0) is 24.9. The van der Waals surface area contributed by atoms with Gasteiger partial charge in [-0.05, 0) is 41.0 Å². The highest BCUT2D eigenvalue weighted by atomic mass is 16.5. The number of hydrogen-bond acceptors (Lipinski definition) is 7. The molecular formula is C28H27N5O3. The fourth-order valence-corrected chi connectivity index (χ4v) is 4.22. The molecule has 2 aromatic heterocycles. The molecule has 0 aliphatic carbocycles. The van der Waals surface area contributed by atoms with Crippen molar-refractivity contribution in [2.75, 3.05) is 18.6 Å². The van der Waals surface area contributed by atoms with Crippen molar-refractivity contribution in [2.45, 2.75) is 26.0 Å². The number of hydrogen-bond donors (Lipinski definition) is 1. The zero-order valence-electron chi connectivity index (χ0n) is 20.2. The average molecular weight is 482 g/mol. The van der Waals surface area contributed by atoms with Gasteiger partial charge in [-0.1, -0.05) is 43.3 Å². The third-order valence-corrected chi connectivity index (χ3v) is 6.15. The number of rotatable bonds is 8. The topological polar surface area (TPSA) is 89.5 Å². The Morgan fingerprint density at radius 1 is 1.06 bits per heavy atom. The van der Waals surface area contributed by atoms with Crippen LogP contribution in [0, 0.1) is 0 Å². The molecule has 3 heterocycles. The van der Waals surface area contributed by atoms with Crippen molar-refractivity contribution in [3.05, 3.63) is 102 Å². The van der Waals surface area contributed by atoms with Gasteiger partial charge in [-0.15, -0.1) is 0 Å². The van der Waals surface area contributed by atoms with E-state index in [4.69, 9.17) is 14.5 Å². The molecule has 0 spiro atoms. The molecule has 4 aromatic rings. The van der Waals surface area contributed by atoms with Gasteiger partial charge in [0, 0.05) is 43.3 Å². The van der Waals surface area contributed by atoms with Crippen molar-refractivity contribution in [1.82, 2.24) is 20.3 Å². The third-order valence-electron chi connectivity index (χ3n) is 6.15. The lowest BCUT2D eigenvalue weighted by Crippen LogP contribution is -2.25. The monoisotopic (exact) mass is 481 g/mol. The lowest BCUT2D eigenvalue weighted by Gasteiger charge is -2.19. The van der Waals surface area contributed by atoms with Gasteiger partial charge in [0.15, 0.2) is 0 Å². The van der Waals surface area contributed by atoms with Crippen LogP contribution in [0.25, 0.3) is 0 Å². The molecule has 5 rings (SSSR count). The predicted octanol–water partition coefficient (Wildman–Crippen LogP) is 4.64. The Labute approximate surface area is 210 Å². The standard InChI is InChI=1S/C28H27N5O3/c1-19-17-33(25-8-4-3-7-23(19)25)28-31-16-24(26(34)30-15-21-6-5-13-29-14-21)27(32-28)36-18-20-9-11-22(35-2)12-10-20/h3-14,16,19H,15,17-18H2,1-2H3,(H,30,34). The van der Waals surface area contributed by atoms with Crippen molar-refractivity contribution in [1.29, 1.82) is 0 Å². The fourth-order valence-electron chi connectivity index (χ4n) is 4.22. The van der Waals surface area contributed by atoms with Gasteiger partial charge in [-0.2, -0.15) is 4.98 Å². The number of carbonyl (C=O) groups excluding carboxylic acids is 1. The Hall–Kier alpha value is -4.46. The van der Waals surface area contributed by atoms with Crippen molar-refractivity contribution < 1.29 is 14.3 Å². The molecule has 1 aliphatic rings. The maximum atomic E-state index is 13.1. The lowest BCUT2D eigenvalue weighted by atomic mass is 10.0. The average Bonchev–Trinajstić information content (AvgIpc) is 3.27. The Morgan fingerprint density at radius 3 is 2.67 bits per heavy atom. The van der Waals surface area contributed by atoms with Gasteiger partial charge < -0.3 is 19.7 Å². The summed E-state index contributed by atoms with van der Waals surface area (Å²) in [6.07, 6.45) is 4.95. The van der Waals surface area contributed by atoms with Gasteiger partial charge in [-0.3, -0.25) is 9.78 Å². The van der Waals surface area contributed by atoms with Crippen LogP contribution in [0.3, 0.4) is 0 Å². The maximum Gasteiger partial charge on any atom is 0.258 e. The van der Waals surface area contributed by atoms with Crippen molar-refractivity contribution in [2.24, 2.45) is 0 Å². The number of nitrogens with one attached hydrogen (secondary N) is 1. The molecule has 1 atom stereocenters. The highest BCUT2D eigenvalue weighted by molar-refractivity contribution is 5.96. The predicted molar refractivity (Wildman–Crippen MR) is 137 cm³/mol. The van der Waals surface area contributed by atoms with Gasteiger partial charge >= 0.3 is 0 Å². The maximum absolute atomic E-state index is 13.1. The van der Waals surface area contributed by atoms with E-state index in [1.807, 2.05) is 48.5 Å². The first-order chi connectivity index (χ1) is 17.6. The number of pyridine rings is 1. The molecular weight excluding hydrogens is 454 g/mol. The van der Waals surface area contributed by atoms with E-state index in [0.29, 0.717) is 18.4 Å². The number of methoxy groups -OCH3 is 1. The molecule has 8 nitrogen and oxygen atoms in total. The summed E-state index contributed by atoms with van der Waals surface area (Å²) in [7, 11) is 1.63. The fraction of sp³-hybridized carbons (Fsp3) is 0.214. The molecule has 182 valence electrons. The molecule has 0 saturated heterocycles. The quantitative estimate of drug-likeness (QED) is 0.392. The number of benzene rings is 2. The largest absolute Gasteiger partial charge is 0.497 e. The Morgan fingerprint density at radius 2 is 1.89 bits per heavy atom. The summed E-state index contributed by atoms with van der Waals surface area (Å²) in [5.41, 5.74) is 4.42. The first-order valence-electron chi connectivity index (χ1n) is 11.8. The second-order valence-electron chi connectivity index (χ2n) is 8.64. The summed E-state index contributed by atoms with van der Waals surface area (Å²) in [5, 5.41) is 2.91. The molecule has 1 amide bonds. The first kappa shape index (κ1) is 23.3. The Bertz CT molecular complexity index is 1350. The van der Waals surface area contributed by atoms with E-state index in [1.54, 1.807) is 19.5 Å². The van der Waals surface area contributed by atoms with Gasteiger partial charge in [0.2, 0.25) is 11.8 Å². The van der Waals surface area contributed by atoms with Crippen LogP contribution in [-0.2, 0) is 13.2 Å². The molecule has 36 heavy (non-hydrogen) atoms. The van der Waals surface area contributed by atoms with Crippen LogP contribution in [-0.4, -0.2) is 34.5 Å². The van der Waals surface area contributed by atoms with Gasteiger partial charge in [0.05, 0.1) is 7.11 Å². The van der Waals surface area contributed by atoms with Crippen LogP contribution in [0.2, 0.25) is 0 Å². The van der Waals surface area contributed by atoms with E-state index >= 15 is 0 Å². The summed E-state index contributed by atoms with van der Waals surface area (Å²) in [5.74, 6) is 1.53. The molecule has 0 radical (unpaired) electrons. The third kappa shape index (κ3) is 4.98. The van der Waals surface area contributed by atoms with Crippen LogP contribution >= 0.6 is 0 Å². The number of ether oxygens (including phenoxy) is 2. The highest BCUT2D eigenvalue weighted by Gasteiger charge is 2.29. The van der Waals surface area contributed by atoms with E-state index < -0.39 is 0 Å². The second kappa shape index (κ2) is 10.4. The number of amides is 1. The number of fused-ring (bicyclic) bond motifs is 1. The van der Waals surface area contributed by atoms with E-state index in [2.05, 4.69) is 39.2 Å². The molecule has 0 bridgehead atoms. The van der Waals surface area contributed by atoms with Crippen LogP contribution < -0.4 is 19.7 Å². The highest BCUT2D eigenvalue weighted by Crippen LogP contribution is 2.39. The van der Waals surface area contributed by atoms with Crippen molar-refractivity contribution in [3.63, 3.8) is 0 Å². The zero-order valence-corrected chi connectivity index (χ0v) is 20.2. The molecule has 1 N–H and O–H groups in total. The van der Waals surface area contributed by atoms with Crippen molar-refractivity contribution in [3.8, 4) is 11.6 Å². The van der Waals surface area contributed by atoms with Crippen LogP contribution in [0.4, 0.5) is 11.6 Å². The van der Waals surface area contributed by atoms with Crippen LogP contribution in [0.1, 0.15) is 39.9 Å². The molecule has 1 unspecified atom stereocenters.